The van der Waals surface area contributed by atoms with Gasteiger partial charge >= 0.3 is 5.69 Å². The molecule has 5 N–H and O–H groups in total. The van der Waals surface area contributed by atoms with E-state index in [1.165, 1.54) is 7.05 Å². The summed E-state index contributed by atoms with van der Waals surface area (Å²) in [5.74, 6) is 0.0457. The fraction of sp³-hybridized carbons (Fsp3) is 0.636. The van der Waals surface area contributed by atoms with Crippen molar-refractivity contribution in [2.24, 2.45) is 7.05 Å². The van der Waals surface area contributed by atoms with Crippen molar-refractivity contribution < 1.29 is 9.84 Å². The van der Waals surface area contributed by atoms with Crippen molar-refractivity contribution in [1.82, 2.24) is 9.55 Å². The van der Waals surface area contributed by atoms with Gasteiger partial charge in [0.25, 0.3) is 5.56 Å². The molecule has 0 spiro atoms. The third kappa shape index (κ3) is 2.79. The van der Waals surface area contributed by atoms with Crippen LogP contribution in [-0.4, -0.2) is 40.0 Å². The van der Waals surface area contributed by atoms with Gasteiger partial charge in [-0.3, -0.25) is 14.3 Å². The van der Waals surface area contributed by atoms with E-state index in [4.69, 9.17) is 10.5 Å². The second kappa shape index (κ2) is 5.06. The van der Waals surface area contributed by atoms with Gasteiger partial charge in [-0.1, -0.05) is 0 Å². The van der Waals surface area contributed by atoms with E-state index in [-0.39, 0.29) is 18.1 Å². The van der Waals surface area contributed by atoms with E-state index in [1.54, 1.807) is 0 Å². The number of hydrogen-bond acceptors (Lipinski definition) is 6. The van der Waals surface area contributed by atoms with E-state index in [9.17, 15) is 14.7 Å². The predicted octanol–water partition coefficient (Wildman–Crippen LogP) is -1.39. The number of ether oxygens (including phenoxy) is 1. The third-order valence-electron chi connectivity index (χ3n) is 3.39. The number of rotatable bonds is 3. The minimum atomic E-state index is -0.925. The second-order valence-corrected chi connectivity index (χ2v) is 4.77. The summed E-state index contributed by atoms with van der Waals surface area (Å²) < 4.78 is 6.31. The van der Waals surface area contributed by atoms with Crippen LogP contribution in [0.4, 0.5) is 11.5 Å². The molecular formula is C11H18N4O4. The summed E-state index contributed by atoms with van der Waals surface area (Å²) >= 11 is 0. The summed E-state index contributed by atoms with van der Waals surface area (Å²) in [5, 5.41) is 13.1. The summed E-state index contributed by atoms with van der Waals surface area (Å²) in [6.07, 6.45) is 0.979. The molecule has 0 aromatic carbocycles. The van der Waals surface area contributed by atoms with E-state index < -0.39 is 16.9 Å². The van der Waals surface area contributed by atoms with Gasteiger partial charge in [-0.2, -0.15) is 0 Å². The van der Waals surface area contributed by atoms with E-state index in [0.717, 1.165) is 4.57 Å². The lowest BCUT2D eigenvalue weighted by Gasteiger charge is -2.32. The van der Waals surface area contributed by atoms with Gasteiger partial charge in [-0.15, -0.1) is 0 Å². The Kier molecular flexibility index (Phi) is 3.63. The van der Waals surface area contributed by atoms with E-state index in [1.807, 2.05) is 0 Å². The van der Waals surface area contributed by atoms with Crippen molar-refractivity contribution in [1.29, 1.82) is 0 Å². The van der Waals surface area contributed by atoms with Gasteiger partial charge in [0.2, 0.25) is 0 Å². The fourth-order valence-electron chi connectivity index (χ4n) is 1.99. The van der Waals surface area contributed by atoms with Crippen LogP contribution in [0.1, 0.15) is 12.8 Å². The van der Waals surface area contributed by atoms with Crippen LogP contribution in [0.25, 0.3) is 0 Å². The monoisotopic (exact) mass is 270 g/mol. The Bertz CT molecular complexity index is 571. The largest absolute Gasteiger partial charge is 0.388 e. The van der Waals surface area contributed by atoms with Crippen molar-refractivity contribution in [3.8, 4) is 0 Å². The maximum atomic E-state index is 11.7. The van der Waals surface area contributed by atoms with Crippen LogP contribution in [0.15, 0.2) is 9.59 Å². The molecule has 0 amide bonds. The number of aromatic amines is 1. The van der Waals surface area contributed by atoms with Gasteiger partial charge in [0.15, 0.2) is 0 Å². The molecule has 8 heteroatoms. The Labute approximate surface area is 109 Å². The molecule has 8 nitrogen and oxygen atoms in total. The molecule has 0 saturated carbocycles. The molecule has 0 aliphatic carbocycles. The Hall–Kier alpha value is -1.80. The van der Waals surface area contributed by atoms with Crippen LogP contribution in [0, 0.1) is 0 Å². The Morgan fingerprint density at radius 3 is 2.74 bits per heavy atom. The van der Waals surface area contributed by atoms with Crippen molar-refractivity contribution in [2.45, 2.75) is 18.4 Å². The van der Waals surface area contributed by atoms with Crippen molar-refractivity contribution in [3.05, 3.63) is 20.8 Å². The Balaban J connectivity index is 2.18. The Morgan fingerprint density at radius 2 is 2.11 bits per heavy atom. The molecule has 106 valence electrons. The molecule has 2 rings (SSSR count). The molecule has 1 aromatic heterocycles. The number of nitrogens with zero attached hydrogens (tertiary/aromatic N) is 1. The number of aliphatic hydroxyl groups is 1. The zero-order valence-electron chi connectivity index (χ0n) is 10.7. The molecule has 1 aliphatic rings. The standard InChI is InChI=1S/C11H18N4O4/c1-15-8(12)7(9(16)14-10(15)17)13-6-11(18)2-4-19-5-3-11/h13,18H,2-6,12H2,1H3,(H,14,16,17). The smallest absolute Gasteiger partial charge is 0.329 e. The van der Waals surface area contributed by atoms with Crippen molar-refractivity contribution in [2.75, 3.05) is 30.8 Å². The molecule has 0 bridgehead atoms. The molecule has 1 aliphatic heterocycles. The van der Waals surface area contributed by atoms with Crippen LogP contribution in [0.5, 0.6) is 0 Å². The molecule has 1 saturated heterocycles. The maximum Gasteiger partial charge on any atom is 0.329 e. The minimum Gasteiger partial charge on any atom is -0.388 e. The summed E-state index contributed by atoms with van der Waals surface area (Å²) in [4.78, 5) is 25.1. The van der Waals surface area contributed by atoms with Gasteiger partial charge in [-0.05, 0) is 0 Å². The average Bonchev–Trinajstić information content (AvgIpc) is 2.37. The number of anilines is 2. The zero-order valence-corrected chi connectivity index (χ0v) is 10.7. The van der Waals surface area contributed by atoms with E-state index in [2.05, 4.69) is 10.3 Å². The van der Waals surface area contributed by atoms with Gasteiger partial charge < -0.3 is 20.9 Å². The molecule has 0 radical (unpaired) electrons. The number of hydrogen-bond donors (Lipinski definition) is 4. The van der Waals surface area contributed by atoms with E-state index in [0.29, 0.717) is 26.1 Å². The van der Waals surface area contributed by atoms with Crippen LogP contribution >= 0.6 is 0 Å². The lowest BCUT2D eigenvalue weighted by Crippen LogP contribution is -2.43. The summed E-state index contributed by atoms with van der Waals surface area (Å²) in [5.41, 5.74) is 3.73. The van der Waals surface area contributed by atoms with Crippen LogP contribution in [0.3, 0.4) is 0 Å². The highest BCUT2D eigenvalue weighted by molar-refractivity contribution is 5.60. The molecular weight excluding hydrogens is 252 g/mol. The topological polar surface area (TPSA) is 122 Å². The normalized spacial score (nSPS) is 18.2. The van der Waals surface area contributed by atoms with E-state index >= 15 is 0 Å². The molecule has 0 unspecified atom stereocenters. The highest BCUT2D eigenvalue weighted by Crippen LogP contribution is 2.21. The average molecular weight is 270 g/mol. The SMILES string of the molecule is Cn1c(N)c(NCC2(O)CCOCC2)c(=O)[nH]c1=O. The fourth-order valence-corrected chi connectivity index (χ4v) is 1.99. The lowest BCUT2D eigenvalue weighted by molar-refractivity contribution is -0.0543. The second-order valence-electron chi connectivity index (χ2n) is 4.77. The first kappa shape index (κ1) is 13.6. The number of nitrogens with one attached hydrogen (secondary N) is 2. The highest BCUT2D eigenvalue weighted by Gasteiger charge is 2.30. The first-order chi connectivity index (χ1) is 8.93. The number of H-pyrrole nitrogens is 1. The van der Waals surface area contributed by atoms with Crippen LogP contribution in [0.2, 0.25) is 0 Å². The van der Waals surface area contributed by atoms with Gasteiger partial charge in [-0.25, -0.2) is 4.79 Å². The zero-order chi connectivity index (χ0) is 14.0. The molecule has 1 aromatic rings. The number of aromatic nitrogens is 2. The molecule has 2 heterocycles. The number of nitrogen functional groups attached to an aromatic ring is 1. The van der Waals surface area contributed by atoms with Gasteiger partial charge in [0.05, 0.1) is 5.60 Å². The highest BCUT2D eigenvalue weighted by atomic mass is 16.5. The molecule has 0 atom stereocenters. The predicted molar refractivity (Wildman–Crippen MR) is 70.2 cm³/mol. The maximum absolute atomic E-state index is 11.7. The van der Waals surface area contributed by atoms with Crippen molar-refractivity contribution >= 4 is 11.5 Å². The summed E-state index contributed by atoms with van der Waals surface area (Å²) in [7, 11) is 1.46. The number of nitrogens with two attached hydrogens (primary N) is 1. The quantitative estimate of drug-likeness (QED) is 0.536. The van der Waals surface area contributed by atoms with Gasteiger partial charge in [0.1, 0.15) is 11.5 Å². The third-order valence-corrected chi connectivity index (χ3v) is 3.39. The minimum absolute atomic E-state index is 0.0457. The lowest BCUT2D eigenvalue weighted by atomic mass is 9.94. The van der Waals surface area contributed by atoms with Gasteiger partial charge in [0, 0.05) is 39.6 Å². The van der Waals surface area contributed by atoms with Crippen LogP contribution in [-0.2, 0) is 11.8 Å². The summed E-state index contributed by atoms with van der Waals surface area (Å²) in [6, 6.07) is 0. The first-order valence-corrected chi connectivity index (χ1v) is 6.06. The molecule has 19 heavy (non-hydrogen) atoms. The molecule has 1 fully saturated rings. The van der Waals surface area contributed by atoms with Crippen molar-refractivity contribution in [3.63, 3.8) is 0 Å². The van der Waals surface area contributed by atoms with Crippen LogP contribution < -0.4 is 22.3 Å². The first-order valence-electron chi connectivity index (χ1n) is 6.06. The summed E-state index contributed by atoms with van der Waals surface area (Å²) in [6.45, 7) is 1.15. The Morgan fingerprint density at radius 1 is 1.47 bits per heavy atom.